The Bertz CT molecular complexity index is 471. The molecule has 1 unspecified atom stereocenters. The van der Waals surface area contributed by atoms with Crippen molar-refractivity contribution in [2.24, 2.45) is 0 Å². The highest BCUT2D eigenvalue weighted by molar-refractivity contribution is 5.60. The summed E-state index contributed by atoms with van der Waals surface area (Å²) in [6, 6.07) is 10.7. The molecule has 0 aliphatic rings. The minimum Gasteiger partial charge on any atom is -0.282 e. The Morgan fingerprint density at radius 2 is 2.12 bits per heavy atom. The fourth-order valence-corrected chi connectivity index (χ4v) is 1.81. The number of benzene rings is 1. The van der Waals surface area contributed by atoms with Gasteiger partial charge in [-0.3, -0.25) is 5.10 Å². The van der Waals surface area contributed by atoms with Gasteiger partial charge >= 0.3 is 0 Å². The van der Waals surface area contributed by atoms with Crippen molar-refractivity contribution >= 4 is 0 Å². The van der Waals surface area contributed by atoms with E-state index in [9.17, 15) is 0 Å². The van der Waals surface area contributed by atoms with Gasteiger partial charge in [0.2, 0.25) is 0 Å². The molecule has 0 aliphatic heterocycles. The largest absolute Gasteiger partial charge is 0.282 e. The lowest BCUT2D eigenvalue weighted by Crippen LogP contribution is -1.91. The second-order valence-corrected chi connectivity index (χ2v) is 4.37. The predicted octanol–water partition coefficient (Wildman–Crippen LogP) is 3.90. The van der Waals surface area contributed by atoms with Gasteiger partial charge in [-0.05, 0) is 37.0 Å². The lowest BCUT2D eigenvalue weighted by molar-refractivity contribution is 0.734. The second-order valence-electron chi connectivity index (χ2n) is 4.37. The fourth-order valence-electron chi connectivity index (χ4n) is 1.81. The molecule has 0 spiro atoms. The zero-order chi connectivity index (χ0) is 11.5. The average molecular weight is 214 g/mol. The van der Waals surface area contributed by atoms with Crippen LogP contribution < -0.4 is 0 Å². The molecule has 0 radical (unpaired) electrons. The Labute approximate surface area is 96.7 Å². The molecule has 84 valence electrons. The van der Waals surface area contributed by atoms with Crippen molar-refractivity contribution in [3.63, 3.8) is 0 Å². The molecular weight excluding hydrogens is 196 g/mol. The van der Waals surface area contributed by atoms with Crippen LogP contribution in [0.4, 0.5) is 0 Å². The number of aryl methyl sites for hydroxylation is 1. The maximum Gasteiger partial charge on any atom is 0.0923 e. The molecule has 0 fully saturated rings. The normalized spacial score (nSPS) is 12.7. The van der Waals surface area contributed by atoms with E-state index in [0.29, 0.717) is 5.92 Å². The van der Waals surface area contributed by atoms with Crippen molar-refractivity contribution in [3.05, 3.63) is 41.6 Å². The molecule has 2 nitrogen and oxygen atoms in total. The van der Waals surface area contributed by atoms with Crippen molar-refractivity contribution in [2.45, 2.75) is 33.1 Å². The number of rotatable bonds is 3. The third-order valence-electron chi connectivity index (χ3n) is 3.07. The molecular formula is C14H18N2. The van der Waals surface area contributed by atoms with Gasteiger partial charge < -0.3 is 0 Å². The van der Waals surface area contributed by atoms with E-state index in [-0.39, 0.29) is 0 Å². The molecule has 16 heavy (non-hydrogen) atoms. The Balaban J connectivity index is 2.36. The smallest absolute Gasteiger partial charge is 0.0923 e. The number of hydrogen-bond acceptors (Lipinski definition) is 1. The Morgan fingerprint density at radius 1 is 1.31 bits per heavy atom. The van der Waals surface area contributed by atoms with Crippen molar-refractivity contribution in [1.29, 1.82) is 0 Å². The van der Waals surface area contributed by atoms with Gasteiger partial charge in [-0.1, -0.05) is 32.0 Å². The molecule has 2 rings (SSSR count). The van der Waals surface area contributed by atoms with E-state index in [2.05, 4.69) is 54.4 Å². The van der Waals surface area contributed by atoms with Crippen LogP contribution in [0.1, 0.15) is 37.4 Å². The topological polar surface area (TPSA) is 28.7 Å². The number of nitrogens with one attached hydrogen (secondary N) is 1. The van der Waals surface area contributed by atoms with Crippen LogP contribution in [-0.4, -0.2) is 10.2 Å². The molecule has 1 heterocycles. The molecule has 0 aliphatic carbocycles. The summed E-state index contributed by atoms with van der Waals surface area (Å²) in [4.78, 5) is 0. The van der Waals surface area contributed by atoms with Gasteiger partial charge in [-0.2, -0.15) is 5.10 Å². The molecule has 0 saturated heterocycles. The maximum atomic E-state index is 4.29. The van der Waals surface area contributed by atoms with Crippen LogP contribution in [0, 0.1) is 6.92 Å². The lowest BCUT2D eigenvalue weighted by Gasteiger charge is -2.09. The molecule has 1 aromatic heterocycles. The standard InChI is InChI=1S/C14H18N2/c1-4-10(2)12-6-5-7-13(9-12)14-8-11(3)15-16-14/h5-10H,4H2,1-3H3,(H,15,16). The van der Waals surface area contributed by atoms with Crippen molar-refractivity contribution in [1.82, 2.24) is 10.2 Å². The van der Waals surface area contributed by atoms with Crippen LogP contribution >= 0.6 is 0 Å². The fraction of sp³-hybridized carbons (Fsp3) is 0.357. The summed E-state index contributed by atoms with van der Waals surface area (Å²) >= 11 is 0. The maximum absolute atomic E-state index is 4.29. The summed E-state index contributed by atoms with van der Waals surface area (Å²) in [6.07, 6.45) is 1.17. The molecule has 1 N–H and O–H groups in total. The van der Waals surface area contributed by atoms with E-state index in [0.717, 1.165) is 11.4 Å². The first-order chi connectivity index (χ1) is 7.70. The van der Waals surface area contributed by atoms with Gasteiger partial charge in [0.1, 0.15) is 0 Å². The zero-order valence-corrected chi connectivity index (χ0v) is 10.1. The Hall–Kier alpha value is -1.57. The highest BCUT2D eigenvalue weighted by Crippen LogP contribution is 2.24. The van der Waals surface area contributed by atoms with Crippen LogP contribution in [0.3, 0.4) is 0 Å². The van der Waals surface area contributed by atoms with Crippen LogP contribution in [0.5, 0.6) is 0 Å². The minimum atomic E-state index is 0.611. The van der Waals surface area contributed by atoms with Gasteiger partial charge in [0.15, 0.2) is 0 Å². The molecule has 0 bridgehead atoms. The van der Waals surface area contributed by atoms with Crippen molar-refractivity contribution in [3.8, 4) is 11.3 Å². The summed E-state index contributed by atoms with van der Waals surface area (Å²) in [7, 11) is 0. The third-order valence-corrected chi connectivity index (χ3v) is 3.07. The summed E-state index contributed by atoms with van der Waals surface area (Å²) in [5.74, 6) is 0.611. The summed E-state index contributed by atoms with van der Waals surface area (Å²) in [6.45, 7) is 6.50. The minimum absolute atomic E-state index is 0.611. The van der Waals surface area contributed by atoms with Gasteiger partial charge in [-0.15, -0.1) is 0 Å². The van der Waals surface area contributed by atoms with Crippen LogP contribution in [0.2, 0.25) is 0 Å². The van der Waals surface area contributed by atoms with E-state index in [1.807, 2.05) is 6.92 Å². The number of hydrogen-bond donors (Lipinski definition) is 1. The number of nitrogens with zero attached hydrogens (tertiary/aromatic N) is 1. The number of aromatic nitrogens is 2. The van der Waals surface area contributed by atoms with Gasteiger partial charge in [0, 0.05) is 11.3 Å². The molecule has 2 heteroatoms. The molecule has 2 aromatic rings. The summed E-state index contributed by atoms with van der Waals surface area (Å²) in [5.41, 5.74) is 4.72. The SMILES string of the molecule is CCC(C)c1cccc(-c2cc(C)[nH]n2)c1. The van der Waals surface area contributed by atoms with Gasteiger partial charge in [0.05, 0.1) is 5.69 Å². The summed E-state index contributed by atoms with van der Waals surface area (Å²) < 4.78 is 0. The van der Waals surface area contributed by atoms with E-state index >= 15 is 0 Å². The second kappa shape index (κ2) is 4.52. The van der Waals surface area contributed by atoms with Crippen LogP contribution in [-0.2, 0) is 0 Å². The lowest BCUT2D eigenvalue weighted by atomic mass is 9.96. The number of aromatic amines is 1. The monoisotopic (exact) mass is 214 g/mol. The molecule has 1 aromatic carbocycles. The highest BCUT2D eigenvalue weighted by Gasteiger charge is 2.06. The van der Waals surface area contributed by atoms with Gasteiger partial charge in [0.25, 0.3) is 0 Å². The van der Waals surface area contributed by atoms with Crippen molar-refractivity contribution in [2.75, 3.05) is 0 Å². The van der Waals surface area contributed by atoms with E-state index in [4.69, 9.17) is 0 Å². The Kier molecular flexibility index (Phi) is 3.09. The van der Waals surface area contributed by atoms with Gasteiger partial charge in [-0.25, -0.2) is 0 Å². The first-order valence-corrected chi connectivity index (χ1v) is 5.83. The first-order valence-electron chi connectivity index (χ1n) is 5.83. The van der Waals surface area contributed by atoms with Crippen molar-refractivity contribution < 1.29 is 0 Å². The summed E-state index contributed by atoms with van der Waals surface area (Å²) in [5, 5.41) is 7.27. The first kappa shape index (κ1) is 10.9. The van der Waals surface area contributed by atoms with Crippen LogP contribution in [0.15, 0.2) is 30.3 Å². The van der Waals surface area contributed by atoms with Crippen LogP contribution in [0.25, 0.3) is 11.3 Å². The number of H-pyrrole nitrogens is 1. The average Bonchev–Trinajstić information content (AvgIpc) is 2.75. The highest BCUT2D eigenvalue weighted by atomic mass is 15.1. The van der Waals surface area contributed by atoms with E-state index in [1.165, 1.54) is 17.5 Å². The predicted molar refractivity (Wildman–Crippen MR) is 67.5 cm³/mol. The quantitative estimate of drug-likeness (QED) is 0.824. The molecule has 0 amide bonds. The van der Waals surface area contributed by atoms with E-state index in [1.54, 1.807) is 0 Å². The zero-order valence-electron chi connectivity index (χ0n) is 10.1. The van der Waals surface area contributed by atoms with E-state index < -0.39 is 0 Å². The Morgan fingerprint density at radius 3 is 2.75 bits per heavy atom. The third kappa shape index (κ3) is 2.16. The molecule has 1 atom stereocenters. The molecule has 0 saturated carbocycles.